The quantitative estimate of drug-likeness (QED) is 0.792. The molecule has 0 bridgehead atoms. The van der Waals surface area contributed by atoms with Crippen molar-refractivity contribution in [1.29, 1.82) is 0 Å². The number of hydrogen-bond acceptors (Lipinski definition) is 5. The summed E-state index contributed by atoms with van der Waals surface area (Å²) >= 11 is 5.87. The Kier molecular flexibility index (Phi) is 2.56. The molecule has 1 aromatic carbocycles. The van der Waals surface area contributed by atoms with Gasteiger partial charge in [0.1, 0.15) is 6.34 Å². The summed E-state index contributed by atoms with van der Waals surface area (Å²) in [6.45, 7) is 0. The minimum Gasteiger partial charge on any atom is -0.326 e. The van der Waals surface area contributed by atoms with E-state index in [9.17, 15) is 4.79 Å². The summed E-state index contributed by atoms with van der Waals surface area (Å²) < 4.78 is 0. The van der Waals surface area contributed by atoms with Crippen molar-refractivity contribution < 1.29 is 4.79 Å². The Hall–Kier alpha value is -2.21. The Labute approximate surface area is 107 Å². The molecule has 7 heteroatoms. The van der Waals surface area contributed by atoms with E-state index in [4.69, 9.17) is 11.6 Å². The number of fused-ring (bicyclic) bond motifs is 1. The van der Waals surface area contributed by atoms with Crippen molar-refractivity contribution >= 4 is 41.3 Å². The molecule has 0 saturated heterocycles. The van der Waals surface area contributed by atoms with Gasteiger partial charge >= 0.3 is 0 Å². The number of carbonyl (C=O) groups is 1. The van der Waals surface area contributed by atoms with Gasteiger partial charge in [0.25, 0.3) is 5.91 Å². The fourth-order valence-electron chi connectivity index (χ4n) is 1.66. The highest BCUT2D eigenvalue weighted by atomic mass is 35.5. The molecule has 2 N–H and O–H groups in total. The number of halogens is 1. The molecule has 18 heavy (non-hydrogen) atoms. The molecule has 1 aromatic rings. The number of amides is 1. The molecule has 2 heterocycles. The Morgan fingerprint density at radius 1 is 1.39 bits per heavy atom. The fourth-order valence-corrected chi connectivity index (χ4v) is 1.85. The summed E-state index contributed by atoms with van der Waals surface area (Å²) in [6.07, 6.45) is 1.34. The van der Waals surface area contributed by atoms with E-state index in [0.29, 0.717) is 16.8 Å². The van der Waals surface area contributed by atoms with Gasteiger partial charge in [-0.15, -0.1) is 0 Å². The molecule has 2 aliphatic rings. The zero-order chi connectivity index (χ0) is 12.5. The first-order valence-electron chi connectivity index (χ1n) is 5.24. The number of rotatable bonds is 1. The van der Waals surface area contributed by atoms with Crippen LogP contribution in [0, 0.1) is 0 Å². The van der Waals surface area contributed by atoms with E-state index in [0.717, 1.165) is 5.69 Å². The minimum atomic E-state index is -0.616. The topological polar surface area (TPSA) is 78.2 Å². The zero-order valence-corrected chi connectivity index (χ0v) is 9.85. The lowest BCUT2D eigenvalue weighted by Gasteiger charge is -2.18. The van der Waals surface area contributed by atoms with Gasteiger partial charge in [0.15, 0.2) is 11.9 Å². The normalized spacial score (nSPS) is 20.9. The van der Waals surface area contributed by atoms with E-state index >= 15 is 0 Å². The van der Waals surface area contributed by atoms with Crippen LogP contribution in [0.3, 0.4) is 0 Å². The van der Waals surface area contributed by atoms with Gasteiger partial charge in [-0.2, -0.15) is 4.99 Å². The van der Waals surface area contributed by atoms with Crippen LogP contribution in [-0.4, -0.2) is 30.1 Å². The Bertz CT molecular complexity index is 607. The van der Waals surface area contributed by atoms with E-state index in [1.807, 2.05) is 6.07 Å². The maximum Gasteiger partial charge on any atom is 0.259 e. The fraction of sp³-hybridized carbons (Fsp3) is 0.0909. The standard InChI is InChI=1S/C11H8ClN5O/c12-6-2-1-3-7(4-6)15-11-16-9-8(10(18)17-11)13-5-14-9/h1-5,8H,(H2,13,14,15,16,17,18). The monoisotopic (exact) mass is 261 g/mol. The van der Waals surface area contributed by atoms with Crippen molar-refractivity contribution in [2.45, 2.75) is 6.04 Å². The second-order valence-corrected chi connectivity index (χ2v) is 4.18. The summed E-state index contributed by atoms with van der Waals surface area (Å²) in [5, 5.41) is 6.18. The first-order chi connectivity index (χ1) is 8.72. The Balaban J connectivity index is 1.84. The largest absolute Gasteiger partial charge is 0.326 e. The van der Waals surface area contributed by atoms with Crippen LogP contribution in [0.4, 0.5) is 5.69 Å². The van der Waals surface area contributed by atoms with E-state index < -0.39 is 6.04 Å². The highest BCUT2D eigenvalue weighted by Gasteiger charge is 2.31. The van der Waals surface area contributed by atoms with Crippen LogP contribution in [0.25, 0.3) is 0 Å². The highest BCUT2D eigenvalue weighted by molar-refractivity contribution is 6.31. The predicted octanol–water partition coefficient (Wildman–Crippen LogP) is 1.05. The summed E-state index contributed by atoms with van der Waals surface area (Å²) in [6, 6.07) is 6.50. The molecule has 0 saturated carbocycles. The molecule has 2 aliphatic heterocycles. The maximum absolute atomic E-state index is 11.7. The average Bonchev–Trinajstić information content (AvgIpc) is 2.77. The molecule has 0 fully saturated rings. The SMILES string of the molecule is O=C1NC(Nc2cccc(Cl)c2)=NC2=NC=NC12. The van der Waals surface area contributed by atoms with Gasteiger partial charge in [-0.1, -0.05) is 17.7 Å². The van der Waals surface area contributed by atoms with E-state index in [-0.39, 0.29) is 5.91 Å². The number of nitrogens with zero attached hydrogens (tertiary/aromatic N) is 3. The summed E-state index contributed by atoms with van der Waals surface area (Å²) in [7, 11) is 0. The Morgan fingerprint density at radius 3 is 3.11 bits per heavy atom. The van der Waals surface area contributed by atoms with Crippen LogP contribution in [0.2, 0.25) is 5.02 Å². The lowest BCUT2D eigenvalue weighted by Crippen LogP contribution is -2.48. The second kappa shape index (κ2) is 4.23. The van der Waals surface area contributed by atoms with Gasteiger partial charge in [-0.3, -0.25) is 15.1 Å². The van der Waals surface area contributed by atoms with Gasteiger partial charge in [0.2, 0.25) is 5.96 Å². The summed E-state index contributed by atoms with van der Waals surface area (Å²) in [5.74, 6) is 0.466. The number of aliphatic imine (C=N–C) groups is 3. The molecular weight excluding hydrogens is 254 g/mol. The third kappa shape index (κ3) is 1.98. The Morgan fingerprint density at radius 2 is 2.28 bits per heavy atom. The van der Waals surface area contributed by atoms with Crippen LogP contribution in [0.1, 0.15) is 0 Å². The van der Waals surface area contributed by atoms with Gasteiger partial charge in [0, 0.05) is 10.7 Å². The van der Waals surface area contributed by atoms with Gasteiger partial charge in [-0.25, -0.2) is 4.99 Å². The molecule has 1 amide bonds. The summed E-state index contributed by atoms with van der Waals surface area (Å²) in [5.41, 5.74) is 0.736. The van der Waals surface area contributed by atoms with Crippen molar-refractivity contribution in [3.8, 4) is 0 Å². The zero-order valence-electron chi connectivity index (χ0n) is 9.09. The number of amidine groups is 1. The predicted molar refractivity (Wildman–Crippen MR) is 70.4 cm³/mol. The minimum absolute atomic E-state index is 0.248. The van der Waals surface area contributed by atoms with Crippen molar-refractivity contribution in [2.24, 2.45) is 15.0 Å². The third-order valence-corrected chi connectivity index (χ3v) is 2.69. The van der Waals surface area contributed by atoms with Crippen LogP contribution < -0.4 is 10.6 Å². The lowest BCUT2D eigenvalue weighted by molar-refractivity contribution is -0.119. The third-order valence-electron chi connectivity index (χ3n) is 2.45. The van der Waals surface area contributed by atoms with E-state index in [1.54, 1.807) is 18.2 Å². The molecule has 6 nitrogen and oxygen atoms in total. The maximum atomic E-state index is 11.7. The first kappa shape index (κ1) is 10.9. The summed E-state index contributed by atoms with van der Waals surface area (Å²) in [4.78, 5) is 23.7. The molecule has 0 aromatic heterocycles. The van der Waals surface area contributed by atoms with Gasteiger partial charge in [0.05, 0.1) is 0 Å². The van der Waals surface area contributed by atoms with E-state index in [1.165, 1.54) is 6.34 Å². The second-order valence-electron chi connectivity index (χ2n) is 3.74. The molecule has 1 unspecified atom stereocenters. The molecule has 0 aliphatic carbocycles. The molecule has 1 atom stereocenters. The van der Waals surface area contributed by atoms with Gasteiger partial charge in [-0.05, 0) is 18.2 Å². The van der Waals surface area contributed by atoms with Gasteiger partial charge < -0.3 is 5.32 Å². The van der Waals surface area contributed by atoms with Crippen molar-refractivity contribution in [1.82, 2.24) is 5.32 Å². The number of benzene rings is 1. The van der Waals surface area contributed by atoms with E-state index in [2.05, 4.69) is 25.6 Å². The molecule has 0 spiro atoms. The van der Waals surface area contributed by atoms with Crippen molar-refractivity contribution in [2.75, 3.05) is 5.32 Å². The van der Waals surface area contributed by atoms with Crippen LogP contribution in [-0.2, 0) is 4.79 Å². The molecule has 3 rings (SSSR count). The number of guanidine groups is 1. The molecule has 0 radical (unpaired) electrons. The van der Waals surface area contributed by atoms with Crippen LogP contribution in [0.15, 0.2) is 39.2 Å². The highest BCUT2D eigenvalue weighted by Crippen LogP contribution is 2.15. The number of nitrogens with one attached hydrogen (secondary N) is 2. The molecule has 90 valence electrons. The lowest BCUT2D eigenvalue weighted by atomic mass is 10.2. The van der Waals surface area contributed by atoms with Crippen molar-refractivity contribution in [3.05, 3.63) is 29.3 Å². The smallest absolute Gasteiger partial charge is 0.259 e. The first-order valence-corrected chi connectivity index (χ1v) is 5.62. The number of hydrogen-bond donors (Lipinski definition) is 2. The average molecular weight is 262 g/mol. The number of anilines is 1. The number of carbonyl (C=O) groups excluding carboxylic acids is 1. The molecular formula is C11H8ClN5O. The van der Waals surface area contributed by atoms with Crippen molar-refractivity contribution in [3.63, 3.8) is 0 Å². The van der Waals surface area contributed by atoms with Crippen LogP contribution in [0.5, 0.6) is 0 Å². The van der Waals surface area contributed by atoms with Crippen LogP contribution >= 0.6 is 11.6 Å².